The van der Waals surface area contributed by atoms with Crippen molar-refractivity contribution in [3.05, 3.63) is 95.1 Å². The van der Waals surface area contributed by atoms with Crippen molar-refractivity contribution in [2.24, 2.45) is 5.92 Å². The minimum absolute atomic E-state index is 0.00561. The van der Waals surface area contributed by atoms with Gasteiger partial charge in [0.25, 0.3) is 0 Å². The molecular weight excluding hydrogens is 728 g/mol. The van der Waals surface area contributed by atoms with Gasteiger partial charge in [0.05, 0.1) is 30.3 Å². The van der Waals surface area contributed by atoms with Crippen molar-refractivity contribution in [1.82, 2.24) is 19.5 Å². The summed E-state index contributed by atoms with van der Waals surface area (Å²) in [5, 5.41) is 5.37. The number of aromatic nitrogens is 1. The van der Waals surface area contributed by atoms with Gasteiger partial charge in [0.1, 0.15) is 28.7 Å². The fraction of sp³-hybridized carbons (Fsp3) is 0.474. The van der Waals surface area contributed by atoms with E-state index >= 15 is 4.39 Å². The molecule has 0 saturated carbocycles. The van der Waals surface area contributed by atoms with Crippen molar-refractivity contribution in [3.8, 4) is 0 Å². The Labute approximate surface area is 314 Å². The molecule has 2 atom stereocenters. The smallest absolute Gasteiger partial charge is 0.410 e. The number of carbonyl (C=O) groups excluding carboxylic acids is 3. The van der Waals surface area contributed by atoms with Crippen molar-refractivity contribution >= 4 is 33.8 Å². The summed E-state index contributed by atoms with van der Waals surface area (Å²) in [6.45, 7) is 9.98. The molecule has 54 heavy (non-hydrogen) atoms. The summed E-state index contributed by atoms with van der Waals surface area (Å²) in [6.07, 6.45) is 1.86. The Bertz CT molecular complexity index is 1850. The molecule has 294 valence electrons. The first kappa shape index (κ1) is 42.0. The summed E-state index contributed by atoms with van der Waals surface area (Å²) in [7, 11) is -3.72. The van der Waals surface area contributed by atoms with Crippen LogP contribution >= 0.6 is 0 Å². The lowest BCUT2D eigenvalue weighted by Gasteiger charge is -2.40. The van der Waals surface area contributed by atoms with Gasteiger partial charge in [-0.2, -0.15) is 4.31 Å². The number of alkyl carbamates (subject to hydrolysis) is 1. The Morgan fingerprint density at radius 1 is 0.870 bits per heavy atom. The molecule has 4 rings (SSSR count). The highest BCUT2D eigenvalue weighted by atomic mass is 32.2. The number of nitrogens with zero attached hydrogens (tertiary/aromatic N) is 3. The minimum Gasteiger partial charge on any atom is -0.444 e. The quantitative estimate of drug-likeness (QED) is 0.233. The Balaban J connectivity index is 1.67. The third kappa shape index (κ3) is 11.9. The van der Waals surface area contributed by atoms with E-state index in [4.69, 9.17) is 9.47 Å². The fourth-order valence-corrected chi connectivity index (χ4v) is 7.36. The van der Waals surface area contributed by atoms with Gasteiger partial charge >= 0.3 is 12.2 Å². The third-order valence-electron chi connectivity index (χ3n) is 8.56. The zero-order valence-corrected chi connectivity index (χ0v) is 32.3. The second-order valence-corrected chi connectivity index (χ2v) is 17.1. The zero-order chi connectivity index (χ0) is 40.0. The lowest BCUT2D eigenvalue weighted by atomic mass is 9.80. The Morgan fingerprint density at radius 2 is 1.43 bits per heavy atom. The van der Waals surface area contributed by atoms with Crippen molar-refractivity contribution in [2.75, 3.05) is 37.8 Å². The Morgan fingerprint density at radius 3 is 1.94 bits per heavy atom. The molecule has 2 heterocycles. The number of anilines is 1. The van der Waals surface area contributed by atoms with E-state index < -0.39 is 74.6 Å². The average Bonchev–Trinajstić information content (AvgIpc) is 3.05. The zero-order valence-electron chi connectivity index (χ0n) is 31.5. The molecule has 16 heteroatoms. The molecule has 0 aliphatic carbocycles. The largest absolute Gasteiger partial charge is 0.444 e. The minimum atomic E-state index is -3.72. The Hall–Kier alpha value is -4.70. The summed E-state index contributed by atoms with van der Waals surface area (Å²) in [6, 6.07) is 10.0. The maximum absolute atomic E-state index is 15.6. The number of halogens is 3. The van der Waals surface area contributed by atoms with E-state index in [1.165, 1.54) is 63.9 Å². The number of piperazine rings is 1. The molecule has 2 aromatic carbocycles. The van der Waals surface area contributed by atoms with Gasteiger partial charge < -0.3 is 25.0 Å². The summed E-state index contributed by atoms with van der Waals surface area (Å²) >= 11 is 0. The van der Waals surface area contributed by atoms with Gasteiger partial charge in [-0.15, -0.1) is 0 Å². The molecular formula is C38H48F3N5O7S. The lowest BCUT2D eigenvalue weighted by Crippen LogP contribution is -2.57. The highest BCUT2D eigenvalue weighted by Crippen LogP contribution is 2.34. The van der Waals surface area contributed by atoms with Crippen molar-refractivity contribution in [3.63, 3.8) is 0 Å². The van der Waals surface area contributed by atoms with Crippen LogP contribution in [0.1, 0.15) is 70.6 Å². The second kappa shape index (κ2) is 17.2. The van der Waals surface area contributed by atoms with Gasteiger partial charge in [-0.05, 0) is 89.8 Å². The predicted octanol–water partition coefficient (Wildman–Crippen LogP) is 6.22. The number of amides is 3. The monoisotopic (exact) mass is 775 g/mol. The van der Waals surface area contributed by atoms with Crippen molar-refractivity contribution in [1.29, 1.82) is 0 Å². The maximum atomic E-state index is 15.6. The van der Waals surface area contributed by atoms with E-state index in [1.807, 2.05) is 0 Å². The number of sulfonamides is 1. The molecule has 1 unspecified atom stereocenters. The number of carbonyl (C=O) groups is 3. The summed E-state index contributed by atoms with van der Waals surface area (Å²) in [5.74, 6) is -4.52. The van der Waals surface area contributed by atoms with E-state index in [2.05, 4.69) is 15.6 Å². The van der Waals surface area contributed by atoms with Crippen LogP contribution in [0.25, 0.3) is 0 Å². The van der Waals surface area contributed by atoms with Crippen LogP contribution in [-0.4, -0.2) is 90.4 Å². The molecule has 0 bridgehead atoms. The molecule has 0 radical (unpaired) electrons. The summed E-state index contributed by atoms with van der Waals surface area (Å²) in [5.41, 5.74) is -0.670. The van der Waals surface area contributed by atoms with Crippen LogP contribution in [0.4, 0.5) is 28.4 Å². The van der Waals surface area contributed by atoms with E-state index in [0.717, 1.165) is 12.5 Å². The predicted molar refractivity (Wildman–Crippen MR) is 197 cm³/mol. The highest BCUT2D eigenvalue weighted by Gasteiger charge is 2.37. The maximum Gasteiger partial charge on any atom is 0.410 e. The number of rotatable bonds is 11. The number of ether oxygens (including phenoxy) is 2. The normalized spacial score (nSPS) is 16.1. The van der Waals surface area contributed by atoms with Crippen LogP contribution in [0.5, 0.6) is 0 Å². The topological polar surface area (TPSA) is 147 Å². The molecule has 1 fully saturated rings. The molecule has 3 amide bonds. The first-order chi connectivity index (χ1) is 25.1. The molecule has 1 saturated heterocycles. The first-order valence-electron chi connectivity index (χ1n) is 17.5. The van der Waals surface area contributed by atoms with Gasteiger partial charge in [0, 0.05) is 43.7 Å². The summed E-state index contributed by atoms with van der Waals surface area (Å²) in [4.78, 5) is 45.4. The van der Waals surface area contributed by atoms with Crippen LogP contribution in [-0.2, 0) is 30.7 Å². The lowest BCUT2D eigenvalue weighted by molar-refractivity contribution is -0.120. The van der Waals surface area contributed by atoms with Gasteiger partial charge in [-0.1, -0.05) is 24.3 Å². The second-order valence-electron chi connectivity index (χ2n) is 15.2. The van der Waals surface area contributed by atoms with E-state index in [9.17, 15) is 31.6 Å². The standard InChI is InChI=1S/C38H48F3N5O7S/c1-37(2,3)52-35(48)43-20-30(33(24-8-12-26(39)13-9-24)25-10-14-27(40)15-11-25)34(47)44-32-22-42-21-31(41)29(32)17-16-28-23-45(36(49)53-38(4,5)6)18-19-46(28)54(7,50)51/h8-15,21-22,28,30,33H,16-20,23H2,1-7H3,(H,43,48)(H,44,47)/t28?,30-/m0/s1. The van der Waals surface area contributed by atoms with Crippen molar-refractivity contribution in [2.45, 2.75) is 77.5 Å². The molecule has 2 N–H and O–H groups in total. The van der Waals surface area contributed by atoms with Crippen LogP contribution in [0.15, 0.2) is 60.9 Å². The number of hydrogen-bond acceptors (Lipinski definition) is 8. The molecule has 1 aliphatic rings. The van der Waals surface area contributed by atoms with Crippen LogP contribution < -0.4 is 10.6 Å². The average molecular weight is 776 g/mol. The van der Waals surface area contributed by atoms with E-state index in [0.29, 0.717) is 11.1 Å². The van der Waals surface area contributed by atoms with Crippen LogP contribution in [0, 0.1) is 23.4 Å². The molecule has 0 spiro atoms. The first-order valence-corrected chi connectivity index (χ1v) is 19.3. The van der Waals surface area contributed by atoms with Crippen LogP contribution in [0.3, 0.4) is 0 Å². The fourth-order valence-electron chi connectivity index (χ4n) is 6.23. The van der Waals surface area contributed by atoms with Gasteiger partial charge in [-0.3, -0.25) is 9.78 Å². The molecule has 12 nitrogen and oxygen atoms in total. The SMILES string of the molecule is CC(C)(C)OC(=O)NC[C@H](C(=O)Nc1cncc(F)c1CCC1CN(C(=O)OC(C)(C)C)CCN1S(C)(=O)=O)C(c1ccc(F)cc1)c1ccc(F)cc1. The summed E-state index contributed by atoms with van der Waals surface area (Å²) < 4.78 is 81.4. The highest BCUT2D eigenvalue weighted by molar-refractivity contribution is 7.88. The van der Waals surface area contributed by atoms with Gasteiger partial charge in [-0.25, -0.2) is 31.2 Å². The third-order valence-corrected chi connectivity index (χ3v) is 9.89. The van der Waals surface area contributed by atoms with E-state index in [1.54, 1.807) is 41.5 Å². The molecule has 1 aromatic heterocycles. The van der Waals surface area contributed by atoms with Crippen LogP contribution in [0.2, 0.25) is 0 Å². The molecule has 3 aromatic rings. The van der Waals surface area contributed by atoms with Crippen molar-refractivity contribution < 1.29 is 45.4 Å². The van der Waals surface area contributed by atoms with Gasteiger partial charge in [0.15, 0.2) is 0 Å². The molecule has 1 aliphatic heterocycles. The number of hydrogen-bond donors (Lipinski definition) is 2. The number of pyridine rings is 1. The number of benzene rings is 2. The number of nitrogens with one attached hydrogen (secondary N) is 2. The van der Waals surface area contributed by atoms with Gasteiger partial charge in [0.2, 0.25) is 15.9 Å². The Kier molecular flexibility index (Phi) is 13.4. The van der Waals surface area contributed by atoms with E-state index in [-0.39, 0.29) is 50.3 Å².